The van der Waals surface area contributed by atoms with Gasteiger partial charge in [-0.05, 0) is 16.7 Å². The number of hydrogen-bond acceptors (Lipinski definition) is 1. The van der Waals surface area contributed by atoms with Gasteiger partial charge in [0.15, 0.2) is 5.96 Å². The number of nitrogens with zero attached hydrogens (tertiary/aromatic N) is 2. The molecule has 134 valence electrons. The van der Waals surface area contributed by atoms with Crippen LogP contribution in [0.15, 0.2) is 96.0 Å². The Balaban J connectivity index is 0.00000243. The molecular weight excluding hydrogens is 342 g/mol. The number of aliphatic imine (C=N–C) groups is 1. The van der Waals surface area contributed by atoms with Crippen molar-refractivity contribution in [2.75, 3.05) is 0 Å². The van der Waals surface area contributed by atoms with Crippen LogP contribution >= 0.6 is 12.4 Å². The van der Waals surface area contributed by atoms with E-state index in [-0.39, 0.29) is 12.4 Å². The van der Waals surface area contributed by atoms with Crippen molar-refractivity contribution in [1.29, 1.82) is 0 Å². The molecule has 0 saturated carbocycles. The Bertz CT molecular complexity index is 748. The highest BCUT2D eigenvalue weighted by molar-refractivity contribution is 5.85. The molecule has 0 atom stereocenters. The molecule has 0 aromatic heterocycles. The molecule has 0 saturated heterocycles. The Morgan fingerprint density at radius 3 is 1.46 bits per heavy atom. The van der Waals surface area contributed by atoms with Crippen molar-refractivity contribution in [2.45, 2.75) is 19.6 Å². The molecule has 0 amide bonds. The summed E-state index contributed by atoms with van der Waals surface area (Å²) in [4.78, 5) is 6.73. The molecule has 26 heavy (non-hydrogen) atoms. The standard InChI is InChI=1S/C22H23N3.ClH/c23-22(24-16-19-10-4-1-5-11-19)25(17-20-12-6-2-7-13-20)18-21-14-8-3-9-15-21;/h1-15H,16-18H2,(H2,23,24);1H. The van der Waals surface area contributed by atoms with Crippen LogP contribution < -0.4 is 5.73 Å². The lowest BCUT2D eigenvalue weighted by Gasteiger charge is -2.24. The predicted molar refractivity (Wildman–Crippen MR) is 111 cm³/mol. The lowest BCUT2D eigenvalue weighted by molar-refractivity contribution is 0.400. The van der Waals surface area contributed by atoms with Crippen LogP contribution in [-0.4, -0.2) is 10.9 Å². The van der Waals surface area contributed by atoms with E-state index in [1.54, 1.807) is 0 Å². The van der Waals surface area contributed by atoms with E-state index in [4.69, 9.17) is 5.73 Å². The number of benzene rings is 3. The smallest absolute Gasteiger partial charge is 0.192 e. The first-order valence-corrected chi connectivity index (χ1v) is 8.48. The van der Waals surface area contributed by atoms with Crippen molar-refractivity contribution in [2.24, 2.45) is 10.7 Å². The highest BCUT2D eigenvalue weighted by atomic mass is 35.5. The van der Waals surface area contributed by atoms with E-state index in [9.17, 15) is 0 Å². The van der Waals surface area contributed by atoms with Crippen molar-refractivity contribution in [3.63, 3.8) is 0 Å². The van der Waals surface area contributed by atoms with Gasteiger partial charge in [-0.1, -0.05) is 91.0 Å². The Morgan fingerprint density at radius 1 is 0.654 bits per heavy atom. The summed E-state index contributed by atoms with van der Waals surface area (Å²) in [6, 6.07) is 30.9. The molecule has 3 rings (SSSR count). The summed E-state index contributed by atoms with van der Waals surface area (Å²) in [5.41, 5.74) is 9.93. The van der Waals surface area contributed by atoms with Crippen molar-refractivity contribution < 1.29 is 0 Å². The van der Waals surface area contributed by atoms with E-state index in [1.807, 2.05) is 54.6 Å². The SMILES string of the molecule is Cl.NC(=NCc1ccccc1)N(Cc1ccccc1)Cc1ccccc1. The van der Waals surface area contributed by atoms with Gasteiger partial charge in [0.2, 0.25) is 0 Å². The third kappa shape index (κ3) is 5.94. The zero-order valence-corrected chi connectivity index (χ0v) is 15.5. The van der Waals surface area contributed by atoms with E-state index in [0.717, 1.165) is 18.7 Å². The summed E-state index contributed by atoms with van der Waals surface area (Å²) >= 11 is 0. The third-order valence-corrected chi connectivity index (χ3v) is 4.02. The number of hydrogen-bond donors (Lipinski definition) is 1. The molecule has 0 aliphatic carbocycles. The zero-order chi connectivity index (χ0) is 17.3. The molecule has 0 spiro atoms. The summed E-state index contributed by atoms with van der Waals surface area (Å²) in [6.07, 6.45) is 0. The maximum atomic E-state index is 6.34. The molecular formula is C22H24ClN3. The summed E-state index contributed by atoms with van der Waals surface area (Å²) in [5.74, 6) is 0.566. The molecule has 2 N–H and O–H groups in total. The quantitative estimate of drug-likeness (QED) is 0.511. The molecule has 0 unspecified atom stereocenters. The fraction of sp³-hybridized carbons (Fsp3) is 0.136. The molecule has 0 aliphatic rings. The largest absolute Gasteiger partial charge is 0.370 e. The molecule has 0 fully saturated rings. The molecule has 3 nitrogen and oxygen atoms in total. The first-order valence-electron chi connectivity index (χ1n) is 8.48. The summed E-state index contributed by atoms with van der Waals surface area (Å²) in [7, 11) is 0. The minimum atomic E-state index is 0. The second-order valence-corrected chi connectivity index (χ2v) is 5.99. The van der Waals surface area contributed by atoms with E-state index in [2.05, 4.69) is 46.3 Å². The fourth-order valence-electron chi connectivity index (χ4n) is 2.68. The minimum absolute atomic E-state index is 0. The molecule has 4 heteroatoms. The van der Waals surface area contributed by atoms with Crippen molar-refractivity contribution in [3.8, 4) is 0 Å². The maximum absolute atomic E-state index is 6.34. The summed E-state index contributed by atoms with van der Waals surface area (Å²) in [5, 5.41) is 0. The van der Waals surface area contributed by atoms with Crippen LogP contribution in [-0.2, 0) is 19.6 Å². The maximum Gasteiger partial charge on any atom is 0.192 e. The highest BCUT2D eigenvalue weighted by Gasteiger charge is 2.10. The fourth-order valence-corrected chi connectivity index (χ4v) is 2.68. The van der Waals surface area contributed by atoms with Crippen LogP contribution in [0.1, 0.15) is 16.7 Å². The van der Waals surface area contributed by atoms with E-state index < -0.39 is 0 Å². The van der Waals surface area contributed by atoms with E-state index in [0.29, 0.717) is 12.5 Å². The van der Waals surface area contributed by atoms with Gasteiger partial charge in [-0.25, -0.2) is 4.99 Å². The van der Waals surface area contributed by atoms with Gasteiger partial charge in [0.25, 0.3) is 0 Å². The topological polar surface area (TPSA) is 41.6 Å². The predicted octanol–water partition coefficient (Wildman–Crippen LogP) is 4.63. The Morgan fingerprint density at radius 2 is 1.04 bits per heavy atom. The normalized spacial score (nSPS) is 10.8. The second kappa shape index (κ2) is 10.3. The number of guanidine groups is 1. The van der Waals surface area contributed by atoms with Crippen molar-refractivity contribution in [1.82, 2.24) is 4.90 Å². The third-order valence-electron chi connectivity index (χ3n) is 4.02. The van der Waals surface area contributed by atoms with Crippen LogP contribution in [0.25, 0.3) is 0 Å². The first-order chi connectivity index (χ1) is 12.3. The lowest BCUT2D eigenvalue weighted by Crippen LogP contribution is -2.36. The van der Waals surface area contributed by atoms with Gasteiger partial charge in [-0.15, -0.1) is 12.4 Å². The zero-order valence-electron chi connectivity index (χ0n) is 14.7. The number of halogens is 1. The van der Waals surface area contributed by atoms with Crippen LogP contribution in [0.2, 0.25) is 0 Å². The van der Waals surface area contributed by atoms with Crippen LogP contribution in [0.4, 0.5) is 0 Å². The Labute approximate surface area is 161 Å². The first kappa shape index (κ1) is 19.5. The van der Waals surface area contributed by atoms with Gasteiger partial charge >= 0.3 is 0 Å². The summed E-state index contributed by atoms with van der Waals surface area (Å²) in [6.45, 7) is 2.06. The van der Waals surface area contributed by atoms with Gasteiger partial charge in [0, 0.05) is 13.1 Å². The summed E-state index contributed by atoms with van der Waals surface area (Å²) < 4.78 is 0. The van der Waals surface area contributed by atoms with Crippen molar-refractivity contribution in [3.05, 3.63) is 108 Å². The van der Waals surface area contributed by atoms with Crippen molar-refractivity contribution >= 4 is 18.4 Å². The monoisotopic (exact) mass is 365 g/mol. The molecule has 0 aliphatic heterocycles. The molecule has 3 aromatic carbocycles. The molecule has 3 aromatic rings. The second-order valence-electron chi connectivity index (χ2n) is 5.99. The average Bonchev–Trinajstić information content (AvgIpc) is 2.68. The molecule has 0 bridgehead atoms. The number of rotatable bonds is 6. The van der Waals surface area contributed by atoms with E-state index >= 15 is 0 Å². The molecule has 0 radical (unpaired) electrons. The van der Waals surface area contributed by atoms with Crippen LogP contribution in [0.5, 0.6) is 0 Å². The Hall–Kier alpha value is -2.78. The van der Waals surface area contributed by atoms with Crippen LogP contribution in [0.3, 0.4) is 0 Å². The van der Waals surface area contributed by atoms with Gasteiger partial charge < -0.3 is 10.6 Å². The number of nitrogens with two attached hydrogens (primary N) is 1. The minimum Gasteiger partial charge on any atom is -0.370 e. The molecule has 0 heterocycles. The Kier molecular flexibility index (Phi) is 7.72. The van der Waals surface area contributed by atoms with Crippen LogP contribution in [0, 0.1) is 0 Å². The van der Waals surface area contributed by atoms with Gasteiger partial charge in [0.05, 0.1) is 6.54 Å². The average molecular weight is 366 g/mol. The van der Waals surface area contributed by atoms with Gasteiger partial charge in [-0.3, -0.25) is 0 Å². The van der Waals surface area contributed by atoms with Gasteiger partial charge in [0.1, 0.15) is 0 Å². The van der Waals surface area contributed by atoms with Gasteiger partial charge in [-0.2, -0.15) is 0 Å². The van der Waals surface area contributed by atoms with E-state index in [1.165, 1.54) is 11.1 Å². The lowest BCUT2D eigenvalue weighted by atomic mass is 10.2. The highest BCUT2D eigenvalue weighted by Crippen LogP contribution is 2.10.